The zero-order valence-corrected chi connectivity index (χ0v) is 12.2. The Labute approximate surface area is 118 Å². The van der Waals surface area contributed by atoms with Crippen molar-refractivity contribution in [3.63, 3.8) is 0 Å². The summed E-state index contributed by atoms with van der Waals surface area (Å²) in [7, 11) is 0. The maximum absolute atomic E-state index is 6.39. The molecule has 3 rings (SSSR count). The van der Waals surface area contributed by atoms with E-state index in [9.17, 15) is 0 Å². The Morgan fingerprint density at radius 2 is 2.32 bits per heavy atom. The second-order valence-corrected chi connectivity index (χ2v) is 6.42. The molecular weight excluding hydrogens is 254 g/mol. The number of nitrogens with two attached hydrogens (primary N) is 1. The molecule has 1 aliphatic heterocycles. The molecule has 19 heavy (non-hydrogen) atoms. The van der Waals surface area contributed by atoms with Crippen LogP contribution < -0.4 is 5.73 Å². The highest BCUT2D eigenvalue weighted by atomic mass is 32.2. The van der Waals surface area contributed by atoms with E-state index in [0.717, 1.165) is 13.0 Å². The molecule has 2 aromatic rings. The monoisotopic (exact) mass is 275 g/mol. The molecule has 0 amide bonds. The lowest BCUT2D eigenvalue weighted by molar-refractivity contribution is 0.457. The molecule has 4 heteroatoms. The molecule has 1 fully saturated rings. The first kappa shape index (κ1) is 13.0. The fourth-order valence-corrected chi connectivity index (χ4v) is 4.22. The summed E-state index contributed by atoms with van der Waals surface area (Å²) in [6.07, 6.45) is 2.16. The van der Waals surface area contributed by atoms with E-state index in [1.165, 1.54) is 34.5 Å². The minimum Gasteiger partial charge on any atom is -0.327 e. The molecule has 1 aliphatic rings. The standard InChI is InChI=1S/C15H21N3S/c1-2-18-15-6-4-3-5-12(15)14(17-18)9-13(16)11-7-8-19-10-11/h3-6,11,13H,2,7-10,16H2,1H3. The molecule has 1 saturated heterocycles. The second kappa shape index (κ2) is 5.55. The van der Waals surface area contributed by atoms with Gasteiger partial charge in [-0.2, -0.15) is 16.9 Å². The van der Waals surface area contributed by atoms with Crippen LogP contribution in [0.2, 0.25) is 0 Å². The van der Waals surface area contributed by atoms with Crippen LogP contribution in [0.25, 0.3) is 10.9 Å². The Morgan fingerprint density at radius 1 is 1.47 bits per heavy atom. The Bertz CT molecular complexity index is 558. The number of rotatable bonds is 4. The maximum Gasteiger partial charge on any atom is 0.0718 e. The molecule has 1 aromatic carbocycles. The van der Waals surface area contributed by atoms with Crippen LogP contribution >= 0.6 is 11.8 Å². The molecule has 0 saturated carbocycles. The van der Waals surface area contributed by atoms with E-state index in [1.54, 1.807) is 0 Å². The number of aromatic nitrogens is 2. The number of fused-ring (bicyclic) bond motifs is 1. The molecular formula is C15H21N3S. The minimum atomic E-state index is 0.249. The lowest BCUT2D eigenvalue weighted by Gasteiger charge is -2.16. The van der Waals surface area contributed by atoms with Gasteiger partial charge in [0, 0.05) is 24.4 Å². The predicted molar refractivity (Wildman–Crippen MR) is 82.5 cm³/mol. The van der Waals surface area contributed by atoms with E-state index in [4.69, 9.17) is 10.8 Å². The van der Waals surface area contributed by atoms with E-state index in [2.05, 4.69) is 35.9 Å². The zero-order valence-electron chi connectivity index (χ0n) is 11.4. The number of aryl methyl sites for hydroxylation is 1. The largest absolute Gasteiger partial charge is 0.327 e. The average molecular weight is 275 g/mol. The molecule has 2 heterocycles. The topological polar surface area (TPSA) is 43.8 Å². The van der Waals surface area contributed by atoms with E-state index in [0.29, 0.717) is 5.92 Å². The van der Waals surface area contributed by atoms with Gasteiger partial charge in [0.05, 0.1) is 11.2 Å². The van der Waals surface area contributed by atoms with Crippen molar-refractivity contribution in [2.24, 2.45) is 11.7 Å². The van der Waals surface area contributed by atoms with Crippen LogP contribution in [0.15, 0.2) is 24.3 Å². The van der Waals surface area contributed by atoms with Crippen molar-refractivity contribution in [1.82, 2.24) is 9.78 Å². The fourth-order valence-electron chi connectivity index (χ4n) is 2.87. The predicted octanol–water partition coefficient (Wildman–Crippen LogP) is 2.68. The number of benzene rings is 1. The number of para-hydroxylation sites is 1. The molecule has 0 bridgehead atoms. The van der Waals surface area contributed by atoms with Crippen LogP contribution in [0.3, 0.4) is 0 Å². The third-order valence-corrected chi connectivity index (χ3v) is 5.22. The second-order valence-electron chi connectivity index (χ2n) is 5.27. The number of hydrogen-bond donors (Lipinski definition) is 1. The minimum absolute atomic E-state index is 0.249. The molecule has 0 spiro atoms. The SMILES string of the molecule is CCn1nc(CC(N)C2CCSC2)c2ccccc21. The molecule has 3 nitrogen and oxygen atoms in total. The van der Waals surface area contributed by atoms with Gasteiger partial charge in [0.25, 0.3) is 0 Å². The van der Waals surface area contributed by atoms with Crippen molar-refractivity contribution >= 4 is 22.7 Å². The summed E-state index contributed by atoms with van der Waals surface area (Å²) in [6, 6.07) is 8.73. The third kappa shape index (κ3) is 2.51. The van der Waals surface area contributed by atoms with Crippen LogP contribution in [0.4, 0.5) is 0 Å². The Morgan fingerprint density at radius 3 is 3.05 bits per heavy atom. The van der Waals surface area contributed by atoms with Gasteiger partial charge in [-0.3, -0.25) is 4.68 Å². The highest BCUT2D eigenvalue weighted by Crippen LogP contribution is 2.28. The smallest absolute Gasteiger partial charge is 0.0718 e. The summed E-state index contributed by atoms with van der Waals surface area (Å²) in [5.74, 6) is 3.14. The number of nitrogens with zero attached hydrogens (tertiary/aromatic N) is 2. The molecule has 0 aliphatic carbocycles. The van der Waals surface area contributed by atoms with Gasteiger partial charge >= 0.3 is 0 Å². The zero-order chi connectivity index (χ0) is 13.2. The highest BCUT2D eigenvalue weighted by molar-refractivity contribution is 7.99. The van der Waals surface area contributed by atoms with Crippen molar-refractivity contribution in [2.75, 3.05) is 11.5 Å². The fraction of sp³-hybridized carbons (Fsp3) is 0.533. The average Bonchev–Trinajstić information content (AvgIpc) is 3.07. The van der Waals surface area contributed by atoms with Crippen molar-refractivity contribution in [3.8, 4) is 0 Å². The summed E-state index contributed by atoms with van der Waals surface area (Å²) in [6.45, 7) is 3.05. The van der Waals surface area contributed by atoms with Crippen LogP contribution in [0.5, 0.6) is 0 Å². The lowest BCUT2D eigenvalue weighted by atomic mass is 9.95. The third-order valence-electron chi connectivity index (χ3n) is 4.03. The van der Waals surface area contributed by atoms with E-state index < -0.39 is 0 Å². The summed E-state index contributed by atoms with van der Waals surface area (Å²) in [4.78, 5) is 0. The maximum atomic E-state index is 6.39. The van der Waals surface area contributed by atoms with E-state index in [1.807, 2.05) is 11.8 Å². The van der Waals surface area contributed by atoms with Crippen molar-refractivity contribution < 1.29 is 0 Å². The van der Waals surface area contributed by atoms with Gasteiger partial charge in [-0.1, -0.05) is 18.2 Å². The quantitative estimate of drug-likeness (QED) is 0.933. The highest BCUT2D eigenvalue weighted by Gasteiger charge is 2.24. The molecule has 2 N–H and O–H groups in total. The summed E-state index contributed by atoms with van der Waals surface area (Å²) in [5.41, 5.74) is 8.79. The van der Waals surface area contributed by atoms with Crippen LogP contribution in [0.1, 0.15) is 19.0 Å². The van der Waals surface area contributed by atoms with Gasteiger partial charge in [-0.25, -0.2) is 0 Å². The molecule has 102 valence electrons. The molecule has 0 radical (unpaired) electrons. The first-order chi connectivity index (χ1) is 9.29. The Hall–Kier alpha value is -1.00. The van der Waals surface area contributed by atoms with Gasteiger partial charge in [0.2, 0.25) is 0 Å². The van der Waals surface area contributed by atoms with Gasteiger partial charge < -0.3 is 5.73 Å². The van der Waals surface area contributed by atoms with Gasteiger partial charge in [-0.15, -0.1) is 0 Å². The van der Waals surface area contributed by atoms with Crippen LogP contribution in [-0.2, 0) is 13.0 Å². The number of thioether (sulfide) groups is 1. The normalized spacial score (nSPS) is 21.1. The van der Waals surface area contributed by atoms with E-state index in [-0.39, 0.29) is 6.04 Å². The van der Waals surface area contributed by atoms with Gasteiger partial charge in [0.15, 0.2) is 0 Å². The molecule has 2 atom stereocenters. The Balaban J connectivity index is 1.87. The lowest BCUT2D eigenvalue weighted by Crippen LogP contribution is -2.32. The molecule has 2 unspecified atom stereocenters. The van der Waals surface area contributed by atoms with Gasteiger partial charge in [-0.05, 0) is 36.8 Å². The van der Waals surface area contributed by atoms with Crippen molar-refractivity contribution in [3.05, 3.63) is 30.0 Å². The molecule has 1 aromatic heterocycles. The summed E-state index contributed by atoms with van der Waals surface area (Å²) >= 11 is 2.03. The van der Waals surface area contributed by atoms with Gasteiger partial charge in [0.1, 0.15) is 0 Å². The van der Waals surface area contributed by atoms with Crippen LogP contribution in [0, 0.1) is 5.92 Å². The first-order valence-corrected chi connectivity index (χ1v) is 8.22. The summed E-state index contributed by atoms with van der Waals surface area (Å²) < 4.78 is 2.08. The first-order valence-electron chi connectivity index (χ1n) is 7.07. The van der Waals surface area contributed by atoms with Crippen LogP contribution in [-0.4, -0.2) is 27.3 Å². The van der Waals surface area contributed by atoms with E-state index >= 15 is 0 Å². The summed E-state index contributed by atoms with van der Waals surface area (Å²) in [5, 5.41) is 6.02. The Kier molecular flexibility index (Phi) is 3.80. The van der Waals surface area contributed by atoms with Crippen molar-refractivity contribution in [1.29, 1.82) is 0 Å². The number of hydrogen-bond acceptors (Lipinski definition) is 3. The van der Waals surface area contributed by atoms with Crippen molar-refractivity contribution in [2.45, 2.75) is 32.4 Å².